The van der Waals surface area contributed by atoms with Crippen molar-refractivity contribution in [3.05, 3.63) is 0 Å². The van der Waals surface area contributed by atoms with E-state index in [1.165, 1.54) is 78.4 Å². The summed E-state index contributed by atoms with van der Waals surface area (Å²) in [5.41, 5.74) is -1.91. The fourth-order valence-corrected chi connectivity index (χ4v) is 14.6. The molecule has 4 aliphatic heterocycles. The molecule has 772 valence electrons. The number of nitrogens with one attached hydrogen (secondary N) is 8. The molecule has 0 aromatic heterocycles. The van der Waals surface area contributed by atoms with Crippen LogP contribution in [0.3, 0.4) is 0 Å². The molecule has 8 N–H and O–H groups in total. The molecule has 0 spiro atoms. The summed E-state index contributed by atoms with van der Waals surface area (Å²) in [5, 5.41) is 162. The van der Waals surface area contributed by atoms with E-state index in [2.05, 4.69) is 42.5 Å². The summed E-state index contributed by atoms with van der Waals surface area (Å²) in [4.78, 5) is 277. The van der Waals surface area contributed by atoms with Crippen LogP contribution in [0.1, 0.15) is 0 Å². The first-order valence-corrected chi connectivity index (χ1v) is 43.0. The largest absolute Gasteiger partial charge is 3.00 e. The van der Waals surface area contributed by atoms with Crippen molar-refractivity contribution in [1.29, 1.82) is 0 Å². The van der Waals surface area contributed by atoms with Gasteiger partial charge in [-0.05, 0) is 0 Å². The fourth-order valence-electron chi connectivity index (χ4n) is 14.6. The normalized spacial score (nSPS) is 17.9. The van der Waals surface area contributed by atoms with Gasteiger partial charge in [-0.15, -0.1) is 0 Å². The summed E-state index contributed by atoms with van der Waals surface area (Å²) in [6.07, 6.45) is 0. The van der Waals surface area contributed by atoms with Crippen LogP contribution >= 0.6 is 0 Å². The number of hydrogen-bond donors (Lipinski definition) is 8. The molecule has 0 atom stereocenters. The van der Waals surface area contributed by atoms with E-state index in [0.29, 0.717) is 0 Å². The van der Waals surface area contributed by atoms with E-state index >= 15 is 0 Å². The van der Waals surface area contributed by atoms with Crippen molar-refractivity contribution in [1.82, 2.24) is 121 Å². The van der Waals surface area contributed by atoms with Gasteiger partial charge in [-0.3, -0.25) is 117 Å². The van der Waals surface area contributed by atoms with Crippen LogP contribution in [-0.4, -0.2) is 564 Å². The van der Waals surface area contributed by atoms with Crippen LogP contribution in [-0.2, 0) is 95.9 Å². The minimum atomic E-state index is -1.91. The zero-order chi connectivity index (χ0) is 98.5. The zero-order valence-corrected chi connectivity index (χ0v) is 84.8. The van der Waals surface area contributed by atoms with E-state index in [0.717, 1.165) is 0 Å². The van der Waals surface area contributed by atoms with Gasteiger partial charge in [0.1, 0.15) is 0 Å². The Hall–Kier alpha value is -5.94. The predicted octanol–water partition coefficient (Wildman–Crippen LogP) is -31.2. The quantitative estimate of drug-likeness (QED) is 0.0280. The Balaban J connectivity index is 0.0000462. The molecular formula is C77H120Gd4N24O32. The average molecular weight is 2520 g/mol. The maximum Gasteiger partial charge on any atom is 3.00 e. The topological polar surface area (TPSA) is 766 Å². The average Bonchev–Trinajstić information content (AvgIpc) is 0.846. The number of carboxylic acids is 12. The SMILES string of the molecule is O=C([O-])CN1CCN(CC(=O)[O-])CCN(CC(=O)NCC(=O)NCC(CNC(=O)CNC(=O)CN2CCN(CC(=O)[O-])CCN(CC(=O)[O-])CCN(CC(=O)[O-])CC2)(CNC(=O)CNC(=O)CN2CCN(CC(=O)[O-])CCN(CC(=O)[O-])CCN(CC(=O)[O-])CC2)CNC(=O)CNC(=O)CN2CCN(CC(=O)[O-])CCN(CC(=O)[O-])CCN(CC(=O)[O-])CC2)CCN(CC(=O)[O-])CC1.[Gd+3].[Gd+3].[Gd+3].[Gd+3]. The Labute approximate surface area is 919 Å². The molecule has 0 aliphatic carbocycles. The second-order valence-corrected chi connectivity index (χ2v) is 32.6. The number of nitrogens with zero attached hydrogens (tertiary/aromatic N) is 16. The number of aliphatic carboxylic acids is 12. The molecule has 4 saturated heterocycles. The Morgan fingerprint density at radius 1 is 0.146 bits per heavy atom. The molecule has 4 heterocycles. The molecule has 0 unspecified atom stereocenters. The zero-order valence-electron chi connectivity index (χ0n) is 75.7. The first kappa shape index (κ1) is 131. The molecule has 4 aliphatic rings. The maximum atomic E-state index is 14.2. The summed E-state index contributed by atoms with van der Waals surface area (Å²) in [6.45, 7) is -17.2. The first-order chi connectivity index (χ1) is 62.9. The molecule has 0 bridgehead atoms. The third-order valence-corrected chi connectivity index (χ3v) is 21.8. The summed E-state index contributed by atoms with van der Waals surface area (Å²) < 4.78 is 0. The van der Waals surface area contributed by atoms with Crippen LogP contribution in [0.4, 0.5) is 0 Å². The van der Waals surface area contributed by atoms with Crippen molar-refractivity contribution in [2.24, 2.45) is 5.41 Å². The van der Waals surface area contributed by atoms with E-state index < -0.39 is 281 Å². The van der Waals surface area contributed by atoms with Gasteiger partial charge in [0.05, 0.1) is 124 Å². The summed E-state index contributed by atoms with van der Waals surface area (Å²) in [6, 6.07) is 0. The van der Waals surface area contributed by atoms with Crippen LogP contribution in [0.2, 0.25) is 0 Å². The van der Waals surface area contributed by atoms with Gasteiger partial charge in [0.15, 0.2) is 0 Å². The summed E-state index contributed by atoms with van der Waals surface area (Å²) in [7, 11) is 0. The number of carbonyl (C=O) groups is 20. The van der Waals surface area contributed by atoms with Crippen LogP contribution in [0.5, 0.6) is 0 Å². The van der Waals surface area contributed by atoms with Gasteiger partial charge < -0.3 is 161 Å². The Morgan fingerprint density at radius 2 is 0.234 bits per heavy atom. The van der Waals surface area contributed by atoms with Crippen molar-refractivity contribution in [2.45, 2.75) is 0 Å². The van der Waals surface area contributed by atoms with E-state index in [4.69, 9.17) is 0 Å². The van der Waals surface area contributed by atoms with Crippen molar-refractivity contribution in [3.8, 4) is 0 Å². The summed E-state index contributed by atoms with van der Waals surface area (Å²) in [5.74, 6) is -25.1. The molecule has 0 aromatic rings. The molecule has 0 saturated carbocycles. The third kappa shape index (κ3) is 64.3. The molecule has 8 amide bonds. The first-order valence-electron chi connectivity index (χ1n) is 43.0. The third-order valence-electron chi connectivity index (χ3n) is 21.8. The van der Waals surface area contributed by atoms with E-state index in [1.54, 1.807) is 0 Å². The molecule has 60 heteroatoms. The van der Waals surface area contributed by atoms with Gasteiger partial charge in [0.25, 0.3) is 0 Å². The number of hydrogen-bond acceptors (Lipinski definition) is 48. The smallest absolute Gasteiger partial charge is 0.549 e. The molecule has 56 nitrogen and oxygen atoms in total. The van der Waals surface area contributed by atoms with E-state index in [1.807, 2.05) is 0 Å². The Kier molecular flexibility index (Phi) is 70.0. The number of amides is 8. The Bertz CT molecular complexity index is 3280. The van der Waals surface area contributed by atoms with Crippen LogP contribution in [0.15, 0.2) is 0 Å². The molecule has 4 rings (SSSR count). The van der Waals surface area contributed by atoms with Crippen molar-refractivity contribution in [2.75, 3.05) is 367 Å². The second kappa shape index (κ2) is 73.2. The molecule has 4 fully saturated rings. The minimum Gasteiger partial charge on any atom is -0.549 e. The minimum absolute atomic E-state index is 0. The van der Waals surface area contributed by atoms with Gasteiger partial charge in [-0.2, -0.15) is 0 Å². The van der Waals surface area contributed by atoms with Gasteiger partial charge in [0, 0.05) is 320 Å². The van der Waals surface area contributed by atoms with E-state index in [9.17, 15) is 157 Å². The monoisotopic (exact) mass is 2520 g/mol. The van der Waals surface area contributed by atoms with Gasteiger partial charge in [-0.1, -0.05) is 0 Å². The molecule has 4 radical (unpaired) electrons. The van der Waals surface area contributed by atoms with Crippen LogP contribution < -0.4 is 104 Å². The van der Waals surface area contributed by atoms with Gasteiger partial charge in [0.2, 0.25) is 47.3 Å². The summed E-state index contributed by atoms with van der Waals surface area (Å²) >= 11 is 0. The standard InChI is InChI=1S/C77H132N24O32.4Gd/c102-57(33-78-61(106)37-86-1-9-90(41-65(110)111)17-25-98(49-73(126)127)26-18-91(10-2-86)42-66(112)113)82-53-77(54-83-58(103)34-79-62(107)38-87-3-11-92(43-67(114)115)19-27-99(50-74(128)129)28-20-93(12-4-87)44-68(116)117,55-84-59(104)35-80-63(108)39-88-5-13-94(45-69(118)119)21-29-100(51-75(130)131)30-22-95(14-6-88)46-70(120)121)56-85-60(105)36-81-64(109)40-89-7-15-96(47-71(122)123)23-31-101(52-76(132)133)32-24-97(16-8-89)48-72(124)125;;;;/h1-56H2,(H,78,106)(H,79,107)(H,80,108)(H,81,109)(H,82,102)(H,83,103)(H,84,104)(H,85,105)(H,110,111)(H,112,113)(H,114,115)(H,116,117)(H,118,119)(H,120,121)(H,122,123)(H,124,125)(H,126,127)(H,128,129)(H,130,131)(H,132,133);;;;/q;4*+3/p-12. The maximum absolute atomic E-state index is 14.2. The number of carboxylic acid groups (broad SMARTS) is 12. The van der Waals surface area contributed by atoms with Crippen LogP contribution in [0.25, 0.3) is 0 Å². The van der Waals surface area contributed by atoms with Gasteiger partial charge >= 0.3 is 160 Å². The molecular weight excluding hydrogens is 2400 g/mol. The Morgan fingerprint density at radius 3 is 0.321 bits per heavy atom. The van der Waals surface area contributed by atoms with Crippen molar-refractivity contribution >= 4 is 119 Å². The van der Waals surface area contributed by atoms with E-state index in [-0.39, 0.29) is 369 Å². The predicted molar refractivity (Wildman–Crippen MR) is 430 cm³/mol. The van der Waals surface area contributed by atoms with Crippen molar-refractivity contribution < 1.29 is 317 Å². The number of carbonyl (C=O) groups excluding carboxylic acids is 20. The number of rotatable bonds is 48. The van der Waals surface area contributed by atoms with Crippen molar-refractivity contribution in [3.63, 3.8) is 0 Å². The molecule has 0 aromatic carbocycles. The second-order valence-electron chi connectivity index (χ2n) is 32.6. The fraction of sp³-hybridized carbons (Fsp3) is 0.740. The van der Waals surface area contributed by atoms with Gasteiger partial charge in [-0.25, -0.2) is 0 Å². The van der Waals surface area contributed by atoms with Crippen LogP contribution in [0, 0.1) is 165 Å². The molecule has 137 heavy (non-hydrogen) atoms.